The van der Waals surface area contributed by atoms with Crippen LogP contribution >= 0.6 is 12.4 Å². The van der Waals surface area contributed by atoms with Crippen LogP contribution in [0, 0.1) is 0 Å². The molecule has 0 aliphatic carbocycles. The first-order valence-electron chi connectivity index (χ1n) is 6.39. The van der Waals surface area contributed by atoms with Crippen molar-refractivity contribution in [2.24, 2.45) is 0 Å². The number of nitrogens with zero attached hydrogens (tertiary/aromatic N) is 1. The molecular weight excluding hydrogens is 292 g/mol. The molecule has 21 heavy (non-hydrogen) atoms. The minimum Gasteiger partial charge on any atom is -0.383 e. The number of carbonyl (C=O) groups excluding carboxylic acids is 1. The molecule has 0 saturated heterocycles. The second-order valence-corrected chi connectivity index (χ2v) is 4.27. The Bertz CT molecular complexity index is 528. The number of rotatable bonds is 7. The molecule has 0 bridgehead atoms. The summed E-state index contributed by atoms with van der Waals surface area (Å²) in [5.74, 6) is -0.0737. The molecule has 0 radical (unpaired) electrons. The number of aromatic amines is 1. The lowest BCUT2D eigenvalue weighted by Crippen LogP contribution is -2.30. The zero-order valence-corrected chi connectivity index (χ0v) is 12.6. The summed E-state index contributed by atoms with van der Waals surface area (Å²) in [5, 5.41) is 12.6. The Balaban J connectivity index is 0.00000220. The van der Waals surface area contributed by atoms with Gasteiger partial charge in [-0.3, -0.25) is 9.89 Å². The lowest BCUT2D eigenvalue weighted by Gasteiger charge is -2.07. The minimum absolute atomic E-state index is 0. The highest BCUT2D eigenvalue weighted by molar-refractivity contribution is 5.92. The molecule has 1 amide bonds. The molecule has 0 aliphatic rings. The Kier molecular flexibility index (Phi) is 7.45. The first-order valence-corrected chi connectivity index (χ1v) is 6.39. The van der Waals surface area contributed by atoms with Gasteiger partial charge in [0.05, 0.1) is 18.8 Å². The largest absolute Gasteiger partial charge is 0.383 e. The van der Waals surface area contributed by atoms with Crippen LogP contribution in [0.25, 0.3) is 11.3 Å². The van der Waals surface area contributed by atoms with Crippen molar-refractivity contribution >= 4 is 24.0 Å². The molecule has 114 valence electrons. The number of anilines is 1. The molecule has 7 heteroatoms. The molecule has 0 atom stereocenters. The van der Waals surface area contributed by atoms with Crippen LogP contribution in [-0.2, 0) is 9.53 Å². The van der Waals surface area contributed by atoms with Crippen molar-refractivity contribution in [3.8, 4) is 11.3 Å². The number of H-pyrrole nitrogens is 1. The van der Waals surface area contributed by atoms with E-state index in [-0.39, 0.29) is 24.9 Å². The van der Waals surface area contributed by atoms with Crippen LogP contribution in [0.3, 0.4) is 0 Å². The van der Waals surface area contributed by atoms with Gasteiger partial charge in [-0.25, -0.2) is 0 Å². The van der Waals surface area contributed by atoms with Gasteiger partial charge < -0.3 is 15.4 Å². The SMILES string of the molecule is COCCNCC(=O)Nc1ccc(-c2ccn[nH]2)cc1.Cl. The number of benzene rings is 1. The number of nitrogens with one attached hydrogen (secondary N) is 3. The second kappa shape index (κ2) is 9.12. The van der Waals surface area contributed by atoms with Crippen LogP contribution in [0.1, 0.15) is 0 Å². The van der Waals surface area contributed by atoms with E-state index in [2.05, 4.69) is 20.8 Å². The van der Waals surface area contributed by atoms with E-state index in [0.29, 0.717) is 13.2 Å². The molecule has 1 aromatic heterocycles. The summed E-state index contributed by atoms with van der Waals surface area (Å²) in [5.41, 5.74) is 2.75. The summed E-state index contributed by atoms with van der Waals surface area (Å²) in [6, 6.07) is 9.49. The lowest BCUT2D eigenvalue weighted by atomic mass is 10.1. The van der Waals surface area contributed by atoms with Crippen molar-refractivity contribution in [1.29, 1.82) is 0 Å². The van der Waals surface area contributed by atoms with Gasteiger partial charge in [0.1, 0.15) is 0 Å². The molecule has 0 aliphatic heterocycles. The maximum absolute atomic E-state index is 11.7. The van der Waals surface area contributed by atoms with Gasteiger partial charge in [0.15, 0.2) is 0 Å². The minimum atomic E-state index is -0.0737. The van der Waals surface area contributed by atoms with Gasteiger partial charge in [-0.15, -0.1) is 12.4 Å². The van der Waals surface area contributed by atoms with Gasteiger partial charge in [0.2, 0.25) is 5.91 Å². The highest BCUT2D eigenvalue weighted by Gasteiger charge is 2.03. The highest BCUT2D eigenvalue weighted by atomic mass is 35.5. The monoisotopic (exact) mass is 310 g/mol. The molecule has 6 nitrogen and oxygen atoms in total. The Morgan fingerprint density at radius 1 is 1.29 bits per heavy atom. The maximum Gasteiger partial charge on any atom is 0.238 e. The van der Waals surface area contributed by atoms with Gasteiger partial charge in [0.25, 0.3) is 0 Å². The average Bonchev–Trinajstić information content (AvgIpc) is 2.99. The zero-order valence-electron chi connectivity index (χ0n) is 11.8. The summed E-state index contributed by atoms with van der Waals surface area (Å²) >= 11 is 0. The third kappa shape index (κ3) is 5.55. The molecule has 1 heterocycles. The third-order valence-corrected chi connectivity index (χ3v) is 2.75. The van der Waals surface area contributed by atoms with Crippen molar-refractivity contribution in [2.75, 3.05) is 32.1 Å². The van der Waals surface area contributed by atoms with E-state index < -0.39 is 0 Å². The number of carbonyl (C=O) groups is 1. The lowest BCUT2D eigenvalue weighted by molar-refractivity contribution is -0.115. The van der Waals surface area contributed by atoms with Crippen molar-refractivity contribution in [2.45, 2.75) is 0 Å². The van der Waals surface area contributed by atoms with E-state index in [1.807, 2.05) is 30.3 Å². The highest BCUT2D eigenvalue weighted by Crippen LogP contribution is 2.18. The fraction of sp³-hybridized carbons (Fsp3) is 0.286. The van der Waals surface area contributed by atoms with E-state index in [4.69, 9.17) is 4.74 Å². The standard InChI is InChI=1S/C14H18N4O2.ClH/c1-20-9-8-15-10-14(19)17-12-4-2-11(3-5-12)13-6-7-16-18-13;/h2-7,15H,8-10H2,1H3,(H,16,18)(H,17,19);1H. The van der Waals surface area contributed by atoms with Gasteiger partial charge in [-0.05, 0) is 23.8 Å². The quantitative estimate of drug-likeness (QED) is 0.680. The summed E-state index contributed by atoms with van der Waals surface area (Å²) in [6.07, 6.45) is 1.71. The van der Waals surface area contributed by atoms with Crippen LogP contribution in [0.4, 0.5) is 5.69 Å². The molecule has 0 fully saturated rings. The van der Waals surface area contributed by atoms with Crippen molar-refractivity contribution in [3.63, 3.8) is 0 Å². The molecule has 0 saturated carbocycles. The Hall–Kier alpha value is -1.89. The van der Waals surface area contributed by atoms with Gasteiger partial charge in [-0.2, -0.15) is 5.10 Å². The number of amides is 1. The molecule has 2 aromatic rings. The van der Waals surface area contributed by atoms with Crippen LogP contribution in [0.15, 0.2) is 36.5 Å². The molecular formula is C14H19ClN4O2. The van der Waals surface area contributed by atoms with Crippen molar-refractivity contribution < 1.29 is 9.53 Å². The summed E-state index contributed by atoms with van der Waals surface area (Å²) < 4.78 is 4.89. The van der Waals surface area contributed by atoms with Gasteiger partial charge >= 0.3 is 0 Å². The first-order chi connectivity index (χ1) is 9.79. The Morgan fingerprint density at radius 2 is 2.05 bits per heavy atom. The van der Waals surface area contributed by atoms with Crippen LogP contribution in [-0.4, -0.2) is 42.9 Å². The van der Waals surface area contributed by atoms with E-state index in [1.54, 1.807) is 13.3 Å². The van der Waals surface area contributed by atoms with Crippen molar-refractivity contribution in [1.82, 2.24) is 15.5 Å². The number of hydrogen-bond donors (Lipinski definition) is 3. The topological polar surface area (TPSA) is 79.0 Å². The Labute approximate surface area is 129 Å². The van der Waals surface area contributed by atoms with E-state index in [0.717, 1.165) is 16.9 Å². The number of methoxy groups -OCH3 is 1. The van der Waals surface area contributed by atoms with E-state index >= 15 is 0 Å². The molecule has 0 spiro atoms. The molecule has 3 N–H and O–H groups in total. The molecule has 0 unspecified atom stereocenters. The predicted octanol–water partition coefficient (Wildman–Crippen LogP) is 1.67. The second-order valence-electron chi connectivity index (χ2n) is 4.27. The van der Waals surface area contributed by atoms with Gasteiger partial charge in [0, 0.05) is 25.5 Å². The third-order valence-electron chi connectivity index (χ3n) is 2.75. The Morgan fingerprint density at radius 3 is 2.67 bits per heavy atom. The fourth-order valence-corrected chi connectivity index (χ4v) is 1.73. The van der Waals surface area contributed by atoms with E-state index in [9.17, 15) is 4.79 Å². The zero-order chi connectivity index (χ0) is 14.2. The molecule has 1 aromatic carbocycles. The van der Waals surface area contributed by atoms with Crippen LogP contribution in [0.2, 0.25) is 0 Å². The maximum atomic E-state index is 11.7. The predicted molar refractivity (Wildman–Crippen MR) is 84.6 cm³/mol. The number of halogens is 1. The number of ether oxygens (including phenoxy) is 1. The average molecular weight is 311 g/mol. The normalized spacial score (nSPS) is 9.95. The smallest absolute Gasteiger partial charge is 0.238 e. The van der Waals surface area contributed by atoms with Crippen molar-refractivity contribution in [3.05, 3.63) is 36.5 Å². The summed E-state index contributed by atoms with van der Waals surface area (Å²) in [6.45, 7) is 1.51. The van der Waals surface area contributed by atoms with Crippen LogP contribution in [0.5, 0.6) is 0 Å². The van der Waals surface area contributed by atoms with Crippen LogP contribution < -0.4 is 10.6 Å². The summed E-state index contributed by atoms with van der Waals surface area (Å²) in [7, 11) is 1.63. The number of hydrogen-bond acceptors (Lipinski definition) is 4. The van der Waals surface area contributed by atoms with E-state index in [1.165, 1.54) is 0 Å². The first kappa shape index (κ1) is 17.2. The summed E-state index contributed by atoms with van der Waals surface area (Å²) in [4.78, 5) is 11.7. The molecule has 2 rings (SSSR count). The van der Waals surface area contributed by atoms with Gasteiger partial charge in [-0.1, -0.05) is 12.1 Å². The fourth-order valence-electron chi connectivity index (χ4n) is 1.73. The number of aromatic nitrogens is 2.